The topological polar surface area (TPSA) is 78.5 Å². The summed E-state index contributed by atoms with van der Waals surface area (Å²) in [5.74, 6) is -0.111. The van der Waals surface area contributed by atoms with E-state index in [1.807, 2.05) is 30.3 Å². The zero-order valence-corrected chi connectivity index (χ0v) is 16.2. The molecule has 1 fully saturated rings. The summed E-state index contributed by atoms with van der Waals surface area (Å²) in [6.07, 6.45) is 0.755. The number of benzene rings is 2. The van der Waals surface area contributed by atoms with Gasteiger partial charge in [-0.2, -0.15) is 4.31 Å². The molecule has 142 valence electrons. The standard InChI is InChI=1S/C20H23N3O3S/c1-20(2)17-12-16(8-9-18(17)22-19(20)24)27(25,26)23-11-10-15(13-23)21-14-6-4-3-5-7-14/h3-9,12,15,21H,10-11,13H2,1-2H3,(H,22,24). The van der Waals surface area contributed by atoms with E-state index in [1.165, 1.54) is 4.31 Å². The van der Waals surface area contributed by atoms with Crippen LogP contribution in [-0.4, -0.2) is 37.8 Å². The van der Waals surface area contributed by atoms with Gasteiger partial charge in [0.15, 0.2) is 0 Å². The third kappa shape index (κ3) is 3.11. The van der Waals surface area contributed by atoms with Gasteiger partial charge >= 0.3 is 0 Å². The van der Waals surface area contributed by atoms with E-state index in [-0.39, 0.29) is 16.8 Å². The van der Waals surface area contributed by atoms with Gasteiger partial charge in [-0.25, -0.2) is 8.42 Å². The Balaban J connectivity index is 1.55. The van der Waals surface area contributed by atoms with E-state index >= 15 is 0 Å². The second-order valence-electron chi connectivity index (χ2n) is 7.65. The first-order chi connectivity index (χ1) is 12.8. The first-order valence-electron chi connectivity index (χ1n) is 9.06. The van der Waals surface area contributed by atoms with Gasteiger partial charge in [0, 0.05) is 30.5 Å². The molecule has 0 aliphatic carbocycles. The molecule has 2 aromatic rings. The normalized spacial score (nSPS) is 21.7. The third-order valence-electron chi connectivity index (χ3n) is 5.41. The van der Waals surface area contributed by atoms with Crippen molar-refractivity contribution >= 4 is 27.3 Å². The van der Waals surface area contributed by atoms with Crippen LogP contribution in [-0.2, 0) is 20.2 Å². The maximum Gasteiger partial charge on any atom is 0.243 e. The van der Waals surface area contributed by atoms with Crippen LogP contribution in [0.1, 0.15) is 25.8 Å². The van der Waals surface area contributed by atoms with E-state index in [2.05, 4.69) is 10.6 Å². The summed E-state index contributed by atoms with van der Waals surface area (Å²) in [5.41, 5.74) is 1.68. The van der Waals surface area contributed by atoms with Gasteiger partial charge < -0.3 is 10.6 Å². The van der Waals surface area contributed by atoms with Crippen molar-refractivity contribution in [2.75, 3.05) is 23.7 Å². The van der Waals surface area contributed by atoms with Crippen LogP contribution in [0, 0.1) is 0 Å². The second kappa shape index (κ2) is 6.35. The quantitative estimate of drug-likeness (QED) is 0.848. The molecule has 2 aliphatic rings. The van der Waals surface area contributed by atoms with Crippen molar-refractivity contribution in [1.82, 2.24) is 4.31 Å². The summed E-state index contributed by atoms with van der Waals surface area (Å²) in [4.78, 5) is 12.3. The monoisotopic (exact) mass is 385 g/mol. The van der Waals surface area contributed by atoms with Crippen LogP contribution in [0.2, 0.25) is 0 Å². The van der Waals surface area contributed by atoms with Gasteiger partial charge in [-0.1, -0.05) is 18.2 Å². The van der Waals surface area contributed by atoms with Gasteiger partial charge in [-0.05, 0) is 56.2 Å². The van der Waals surface area contributed by atoms with Gasteiger partial charge in [-0.3, -0.25) is 4.79 Å². The molecule has 1 saturated heterocycles. The predicted octanol–water partition coefficient (Wildman–Crippen LogP) is 2.79. The minimum absolute atomic E-state index is 0.0799. The number of sulfonamides is 1. The van der Waals surface area contributed by atoms with Crippen LogP contribution in [0.3, 0.4) is 0 Å². The number of nitrogens with one attached hydrogen (secondary N) is 2. The molecule has 1 unspecified atom stereocenters. The number of para-hydroxylation sites is 1. The molecule has 7 heteroatoms. The number of hydrogen-bond acceptors (Lipinski definition) is 4. The molecule has 0 aromatic heterocycles. The fourth-order valence-electron chi connectivity index (χ4n) is 3.69. The van der Waals surface area contributed by atoms with Crippen molar-refractivity contribution in [2.24, 2.45) is 0 Å². The molecule has 2 aliphatic heterocycles. The predicted molar refractivity (Wildman–Crippen MR) is 105 cm³/mol. The molecule has 4 rings (SSSR count). The summed E-state index contributed by atoms with van der Waals surface area (Å²) in [5, 5.41) is 6.21. The Labute approximate surface area is 159 Å². The Bertz CT molecular complexity index is 987. The number of amides is 1. The summed E-state index contributed by atoms with van der Waals surface area (Å²) < 4.78 is 27.8. The molecule has 2 N–H and O–H groups in total. The van der Waals surface area contributed by atoms with E-state index in [1.54, 1.807) is 32.0 Å². The number of hydrogen-bond donors (Lipinski definition) is 2. The van der Waals surface area contributed by atoms with Crippen LogP contribution in [0.25, 0.3) is 0 Å². The molecule has 1 amide bonds. The smallest absolute Gasteiger partial charge is 0.243 e. The maximum absolute atomic E-state index is 13.1. The molecular weight excluding hydrogens is 362 g/mol. The summed E-state index contributed by atoms with van der Waals surface area (Å²) in [6, 6.07) is 14.8. The van der Waals surface area contributed by atoms with Gasteiger partial charge in [0.2, 0.25) is 15.9 Å². The summed E-state index contributed by atoms with van der Waals surface area (Å²) in [7, 11) is -3.60. The average Bonchev–Trinajstić information content (AvgIpc) is 3.19. The zero-order chi connectivity index (χ0) is 19.2. The summed E-state index contributed by atoms with van der Waals surface area (Å²) >= 11 is 0. The lowest BCUT2D eigenvalue weighted by Gasteiger charge is -2.20. The van der Waals surface area contributed by atoms with Crippen molar-refractivity contribution in [1.29, 1.82) is 0 Å². The Morgan fingerprint density at radius 2 is 1.89 bits per heavy atom. The number of nitrogens with zero attached hydrogens (tertiary/aromatic N) is 1. The van der Waals surface area contributed by atoms with Crippen LogP contribution in [0.15, 0.2) is 53.4 Å². The number of fused-ring (bicyclic) bond motifs is 1. The van der Waals surface area contributed by atoms with Gasteiger partial charge in [0.1, 0.15) is 0 Å². The Kier molecular flexibility index (Phi) is 4.24. The Morgan fingerprint density at radius 3 is 2.63 bits per heavy atom. The average molecular weight is 385 g/mol. The molecule has 27 heavy (non-hydrogen) atoms. The first kappa shape index (κ1) is 18.0. The lowest BCUT2D eigenvalue weighted by molar-refractivity contribution is -0.119. The highest BCUT2D eigenvalue weighted by Gasteiger charge is 2.40. The second-order valence-corrected chi connectivity index (χ2v) is 9.58. The van der Waals surface area contributed by atoms with Crippen molar-refractivity contribution in [3.8, 4) is 0 Å². The van der Waals surface area contributed by atoms with Crippen LogP contribution in [0.5, 0.6) is 0 Å². The molecule has 1 atom stereocenters. The van der Waals surface area contributed by atoms with Crippen LogP contribution in [0.4, 0.5) is 11.4 Å². The molecule has 2 heterocycles. The van der Waals surface area contributed by atoms with Gasteiger partial charge in [-0.15, -0.1) is 0 Å². The van der Waals surface area contributed by atoms with Crippen molar-refractivity contribution < 1.29 is 13.2 Å². The summed E-state index contributed by atoms with van der Waals surface area (Å²) in [6.45, 7) is 4.51. The number of rotatable bonds is 4. The fourth-order valence-corrected chi connectivity index (χ4v) is 5.22. The Hall–Kier alpha value is -2.38. The third-order valence-corrected chi connectivity index (χ3v) is 7.27. The molecule has 6 nitrogen and oxygen atoms in total. The van der Waals surface area contributed by atoms with Crippen LogP contribution >= 0.6 is 0 Å². The minimum atomic E-state index is -3.60. The van der Waals surface area contributed by atoms with Gasteiger partial charge in [0.25, 0.3) is 0 Å². The van der Waals surface area contributed by atoms with Crippen LogP contribution < -0.4 is 10.6 Å². The van der Waals surface area contributed by atoms with Gasteiger partial charge in [0.05, 0.1) is 10.3 Å². The van der Waals surface area contributed by atoms with E-state index in [0.29, 0.717) is 18.8 Å². The highest BCUT2D eigenvalue weighted by molar-refractivity contribution is 7.89. The lowest BCUT2D eigenvalue weighted by Crippen LogP contribution is -2.32. The fraction of sp³-hybridized carbons (Fsp3) is 0.350. The molecule has 0 spiro atoms. The molecule has 0 saturated carbocycles. The van der Waals surface area contributed by atoms with Crippen molar-refractivity contribution in [2.45, 2.75) is 36.6 Å². The highest BCUT2D eigenvalue weighted by Crippen LogP contribution is 2.39. The first-order valence-corrected chi connectivity index (χ1v) is 10.5. The highest BCUT2D eigenvalue weighted by atomic mass is 32.2. The van der Waals surface area contributed by atoms with Crippen molar-refractivity contribution in [3.63, 3.8) is 0 Å². The van der Waals surface area contributed by atoms with E-state index in [4.69, 9.17) is 0 Å². The lowest BCUT2D eigenvalue weighted by atomic mass is 9.86. The molecule has 0 radical (unpaired) electrons. The molecule has 0 bridgehead atoms. The SMILES string of the molecule is CC1(C)C(=O)Nc2ccc(S(=O)(=O)N3CCC(Nc4ccccc4)C3)cc21. The number of anilines is 2. The Morgan fingerprint density at radius 1 is 1.15 bits per heavy atom. The zero-order valence-electron chi connectivity index (χ0n) is 15.4. The van der Waals surface area contributed by atoms with E-state index in [0.717, 1.165) is 17.7 Å². The molecule has 2 aromatic carbocycles. The number of carbonyl (C=O) groups excluding carboxylic acids is 1. The largest absolute Gasteiger partial charge is 0.381 e. The van der Waals surface area contributed by atoms with E-state index < -0.39 is 15.4 Å². The molecular formula is C20H23N3O3S. The van der Waals surface area contributed by atoms with Crippen molar-refractivity contribution in [3.05, 3.63) is 54.1 Å². The minimum Gasteiger partial charge on any atom is -0.381 e. The van der Waals surface area contributed by atoms with E-state index in [9.17, 15) is 13.2 Å². The maximum atomic E-state index is 13.1. The number of carbonyl (C=O) groups is 1.